The molecule has 30 heavy (non-hydrogen) atoms. The van der Waals surface area contributed by atoms with Crippen LogP contribution in [0.5, 0.6) is 5.75 Å². The van der Waals surface area contributed by atoms with Gasteiger partial charge in [0.1, 0.15) is 11.4 Å². The number of benzene rings is 3. The van der Waals surface area contributed by atoms with Gasteiger partial charge < -0.3 is 9.30 Å². The fourth-order valence-electron chi connectivity index (χ4n) is 3.09. The fraction of sp³-hybridized carbons (Fsp3) is 0.0417. The molecule has 0 spiro atoms. The van der Waals surface area contributed by atoms with Crippen LogP contribution in [0.3, 0.4) is 0 Å². The Morgan fingerprint density at radius 2 is 1.63 bits per heavy atom. The second-order valence-corrected chi connectivity index (χ2v) is 6.67. The van der Waals surface area contributed by atoms with Crippen molar-refractivity contribution in [2.45, 2.75) is 0 Å². The Morgan fingerprint density at radius 3 is 2.37 bits per heavy atom. The molecule has 1 heterocycles. The first-order valence-corrected chi connectivity index (χ1v) is 9.37. The van der Waals surface area contributed by atoms with Crippen molar-refractivity contribution in [3.05, 3.63) is 102 Å². The summed E-state index contributed by atoms with van der Waals surface area (Å²) in [5, 5.41) is 5.02. The molecule has 0 radical (unpaired) electrons. The number of nitrogens with one attached hydrogen (secondary N) is 1. The van der Waals surface area contributed by atoms with Crippen LogP contribution >= 0.6 is 0 Å². The molecule has 1 aromatic heterocycles. The van der Waals surface area contributed by atoms with E-state index in [1.54, 1.807) is 48.5 Å². The number of ether oxygens (including phenoxy) is 1. The Balaban J connectivity index is 1.37. The Morgan fingerprint density at radius 1 is 0.933 bits per heavy atom. The molecule has 0 aliphatic rings. The van der Waals surface area contributed by atoms with E-state index in [-0.39, 0.29) is 5.91 Å². The summed E-state index contributed by atoms with van der Waals surface area (Å²) in [5.41, 5.74) is 5.29. The average Bonchev–Trinajstić information content (AvgIpc) is 3.12. The van der Waals surface area contributed by atoms with Gasteiger partial charge in [0.2, 0.25) is 0 Å². The quantitative estimate of drug-likeness (QED) is 0.238. The Bertz CT molecular complexity index is 1230. The monoisotopic (exact) mass is 397 g/mol. The van der Waals surface area contributed by atoms with E-state index in [1.165, 1.54) is 6.21 Å². The van der Waals surface area contributed by atoms with Gasteiger partial charge in [-0.2, -0.15) is 5.10 Å². The highest BCUT2D eigenvalue weighted by atomic mass is 16.5. The minimum atomic E-state index is -0.417. The summed E-state index contributed by atoms with van der Waals surface area (Å²) in [5.74, 6) is -0.280. The number of nitrogens with zero attached hydrogens (tertiary/aromatic N) is 2. The third kappa shape index (κ3) is 4.12. The lowest BCUT2D eigenvalue weighted by Gasteiger charge is -2.04. The normalized spacial score (nSPS) is 11.0. The molecule has 0 aliphatic heterocycles. The summed E-state index contributed by atoms with van der Waals surface area (Å²) in [7, 11) is 1.84. The molecule has 0 aliphatic carbocycles. The number of carbonyl (C=O) groups is 2. The molecule has 1 N–H and O–H groups in total. The molecular formula is C24H19N3O3. The van der Waals surface area contributed by atoms with E-state index >= 15 is 0 Å². The Labute approximate surface area is 173 Å². The highest BCUT2D eigenvalue weighted by Crippen LogP contribution is 2.18. The number of carbonyl (C=O) groups excluding carboxylic acids is 2. The molecule has 0 unspecified atom stereocenters. The highest BCUT2D eigenvalue weighted by molar-refractivity contribution is 5.99. The van der Waals surface area contributed by atoms with Gasteiger partial charge in [-0.15, -0.1) is 0 Å². The predicted molar refractivity (Wildman–Crippen MR) is 116 cm³/mol. The van der Waals surface area contributed by atoms with E-state index in [2.05, 4.69) is 10.5 Å². The van der Waals surface area contributed by atoms with Gasteiger partial charge in [-0.05, 0) is 54.1 Å². The van der Waals surface area contributed by atoms with E-state index in [0.29, 0.717) is 17.0 Å². The molecule has 6 heteroatoms. The van der Waals surface area contributed by atoms with Crippen LogP contribution < -0.4 is 10.2 Å². The van der Waals surface area contributed by atoms with Crippen LogP contribution in [0.2, 0.25) is 0 Å². The molecule has 4 rings (SSSR count). The standard InChI is InChI=1S/C24H19N3O3/c1-27-21-10-6-5-9-19(21)15-22(27)23(28)26-25-16-17-11-13-20(14-12-17)30-24(29)18-7-3-2-4-8-18/h2-16H,1H3,(H,26,28)/b25-16+. The SMILES string of the molecule is Cn1c(C(=O)N/N=C/c2ccc(OC(=O)c3ccccc3)cc2)cc2ccccc21. The maximum Gasteiger partial charge on any atom is 0.343 e. The van der Waals surface area contributed by atoms with Crippen molar-refractivity contribution in [2.24, 2.45) is 12.1 Å². The molecule has 4 aromatic rings. The van der Waals surface area contributed by atoms with Crippen molar-refractivity contribution in [1.82, 2.24) is 9.99 Å². The van der Waals surface area contributed by atoms with Crippen LogP contribution in [0.25, 0.3) is 10.9 Å². The molecule has 0 saturated heterocycles. The average molecular weight is 397 g/mol. The Kier molecular flexibility index (Phi) is 5.39. The van der Waals surface area contributed by atoms with Gasteiger partial charge in [-0.25, -0.2) is 10.2 Å². The second kappa shape index (κ2) is 8.45. The van der Waals surface area contributed by atoms with Gasteiger partial charge in [-0.3, -0.25) is 4.79 Å². The predicted octanol–water partition coefficient (Wildman–Crippen LogP) is 4.16. The van der Waals surface area contributed by atoms with E-state index in [0.717, 1.165) is 16.5 Å². The van der Waals surface area contributed by atoms with Gasteiger partial charge >= 0.3 is 5.97 Å². The Hall–Kier alpha value is -4.19. The van der Waals surface area contributed by atoms with Crippen molar-refractivity contribution in [3.8, 4) is 5.75 Å². The number of esters is 1. The maximum atomic E-state index is 12.4. The number of aryl methyl sites for hydroxylation is 1. The van der Waals surface area contributed by atoms with Crippen molar-refractivity contribution < 1.29 is 14.3 Å². The molecule has 0 bridgehead atoms. The third-order valence-corrected chi connectivity index (χ3v) is 4.66. The van der Waals surface area contributed by atoms with Crippen LogP contribution in [-0.4, -0.2) is 22.7 Å². The molecule has 3 aromatic carbocycles. The van der Waals surface area contributed by atoms with E-state index in [4.69, 9.17) is 4.74 Å². The number of amides is 1. The van der Waals surface area contributed by atoms with Crippen molar-refractivity contribution in [2.75, 3.05) is 0 Å². The molecule has 0 atom stereocenters. The zero-order chi connectivity index (χ0) is 20.9. The van der Waals surface area contributed by atoms with Crippen molar-refractivity contribution >= 4 is 29.0 Å². The topological polar surface area (TPSA) is 72.7 Å². The lowest BCUT2D eigenvalue weighted by atomic mass is 10.2. The number of para-hydroxylation sites is 1. The van der Waals surface area contributed by atoms with Crippen LogP contribution in [0, 0.1) is 0 Å². The molecule has 6 nitrogen and oxygen atoms in total. The minimum Gasteiger partial charge on any atom is -0.423 e. The van der Waals surface area contributed by atoms with Gasteiger partial charge in [0, 0.05) is 18.0 Å². The molecule has 0 saturated carbocycles. The highest BCUT2D eigenvalue weighted by Gasteiger charge is 2.12. The van der Waals surface area contributed by atoms with Crippen LogP contribution in [0.15, 0.2) is 90.0 Å². The summed E-state index contributed by atoms with van der Waals surface area (Å²) >= 11 is 0. The number of hydrogen-bond donors (Lipinski definition) is 1. The molecule has 148 valence electrons. The van der Waals surface area contributed by atoms with Crippen LogP contribution in [-0.2, 0) is 7.05 Å². The van der Waals surface area contributed by atoms with E-state index in [1.807, 2.05) is 48.0 Å². The van der Waals surface area contributed by atoms with E-state index in [9.17, 15) is 9.59 Å². The summed E-state index contributed by atoms with van der Waals surface area (Å²) in [6.07, 6.45) is 1.53. The summed E-state index contributed by atoms with van der Waals surface area (Å²) in [4.78, 5) is 24.5. The van der Waals surface area contributed by atoms with Gasteiger partial charge in [0.15, 0.2) is 0 Å². The first-order valence-electron chi connectivity index (χ1n) is 9.37. The summed E-state index contributed by atoms with van der Waals surface area (Å²) in [6.45, 7) is 0. The number of hydrogen-bond acceptors (Lipinski definition) is 4. The number of aromatic nitrogens is 1. The van der Waals surface area contributed by atoms with Gasteiger partial charge in [0.25, 0.3) is 5.91 Å². The van der Waals surface area contributed by atoms with Gasteiger partial charge in [0.05, 0.1) is 11.8 Å². The molecule has 1 amide bonds. The first kappa shape index (κ1) is 19.1. The largest absolute Gasteiger partial charge is 0.423 e. The zero-order valence-electron chi connectivity index (χ0n) is 16.3. The van der Waals surface area contributed by atoms with Crippen LogP contribution in [0.4, 0.5) is 0 Å². The molecule has 0 fully saturated rings. The maximum absolute atomic E-state index is 12.4. The van der Waals surface area contributed by atoms with Crippen molar-refractivity contribution in [1.29, 1.82) is 0 Å². The minimum absolute atomic E-state index is 0.293. The number of fused-ring (bicyclic) bond motifs is 1. The van der Waals surface area contributed by atoms with E-state index < -0.39 is 5.97 Å². The number of rotatable bonds is 5. The summed E-state index contributed by atoms with van der Waals surface area (Å²) in [6, 6.07) is 25.3. The number of hydrazone groups is 1. The van der Waals surface area contributed by atoms with Crippen LogP contribution in [0.1, 0.15) is 26.4 Å². The first-order chi connectivity index (χ1) is 14.6. The fourth-order valence-corrected chi connectivity index (χ4v) is 3.09. The van der Waals surface area contributed by atoms with Crippen molar-refractivity contribution in [3.63, 3.8) is 0 Å². The second-order valence-electron chi connectivity index (χ2n) is 6.67. The van der Waals surface area contributed by atoms with Gasteiger partial charge in [-0.1, -0.05) is 36.4 Å². The molecular weight excluding hydrogens is 378 g/mol. The third-order valence-electron chi connectivity index (χ3n) is 4.66. The lowest BCUT2D eigenvalue weighted by Crippen LogP contribution is -2.20. The zero-order valence-corrected chi connectivity index (χ0v) is 16.3. The smallest absolute Gasteiger partial charge is 0.343 e. The lowest BCUT2D eigenvalue weighted by molar-refractivity contribution is 0.0734. The summed E-state index contributed by atoms with van der Waals surface area (Å²) < 4.78 is 7.17.